The van der Waals surface area contributed by atoms with Gasteiger partial charge in [0, 0.05) is 37.4 Å². The number of unbranched alkanes of at least 4 members (excludes halogenated alkanes) is 1. The first-order chi connectivity index (χ1) is 10.1. The van der Waals surface area contributed by atoms with Gasteiger partial charge >= 0.3 is 0 Å². The molecule has 1 aliphatic carbocycles. The minimum absolute atomic E-state index is 0.0335. The molecule has 1 unspecified atom stereocenters. The number of hydrogen-bond acceptors (Lipinski definition) is 3. The molecular formula is C17H27N3O. The van der Waals surface area contributed by atoms with E-state index in [4.69, 9.17) is 5.73 Å². The van der Waals surface area contributed by atoms with Crippen molar-refractivity contribution in [3.8, 4) is 0 Å². The van der Waals surface area contributed by atoms with Crippen LogP contribution in [0.5, 0.6) is 0 Å². The van der Waals surface area contributed by atoms with Crippen LogP contribution in [0.1, 0.15) is 43.0 Å². The summed E-state index contributed by atoms with van der Waals surface area (Å²) < 4.78 is 0. The quantitative estimate of drug-likeness (QED) is 0.772. The molecule has 1 amide bonds. The van der Waals surface area contributed by atoms with Crippen molar-refractivity contribution in [3.05, 3.63) is 29.8 Å². The Hall–Kier alpha value is -1.55. The van der Waals surface area contributed by atoms with Crippen LogP contribution in [-0.2, 0) is 0 Å². The zero-order valence-corrected chi connectivity index (χ0v) is 13.1. The monoisotopic (exact) mass is 289 g/mol. The Morgan fingerprint density at radius 3 is 2.62 bits per heavy atom. The van der Waals surface area contributed by atoms with Gasteiger partial charge in [0.2, 0.25) is 0 Å². The van der Waals surface area contributed by atoms with Crippen molar-refractivity contribution >= 4 is 11.6 Å². The van der Waals surface area contributed by atoms with Gasteiger partial charge in [-0.05, 0) is 49.4 Å². The number of hydrogen-bond donors (Lipinski definition) is 2. The van der Waals surface area contributed by atoms with Gasteiger partial charge in [-0.3, -0.25) is 4.79 Å². The van der Waals surface area contributed by atoms with Crippen LogP contribution in [0.15, 0.2) is 24.3 Å². The molecule has 1 saturated carbocycles. The standard InChI is InChI=1S/C17H27N3O/c1-3-4-11-20(2)15-9-7-14(8-10-15)17(21)19-12-16(18)13-5-6-13/h7-10,13,16H,3-6,11-12,18H2,1-2H3,(H,19,21). The number of benzene rings is 1. The van der Waals surface area contributed by atoms with E-state index >= 15 is 0 Å². The molecule has 1 aliphatic rings. The Kier molecular flexibility index (Phi) is 5.62. The molecule has 2 rings (SSSR count). The van der Waals surface area contributed by atoms with E-state index in [0.29, 0.717) is 18.0 Å². The second-order valence-corrected chi connectivity index (χ2v) is 6.03. The van der Waals surface area contributed by atoms with E-state index in [-0.39, 0.29) is 11.9 Å². The van der Waals surface area contributed by atoms with Gasteiger partial charge in [0.25, 0.3) is 5.91 Å². The van der Waals surface area contributed by atoms with Gasteiger partial charge in [-0.25, -0.2) is 0 Å². The molecule has 0 spiro atoms. The van der Waals surface area contributed by atoms with Crippen LogP contribution in [-0.4, -0.2) is 32.1 Å². The number of anilines is 1. The fourth-order valence-corrected chi connectivity index (χ4v) is 2.40. The Morgan fingerprint density at radius 2 is 2.05 bits per heavy atom. The van der Waals surface area contributed by atoms with Crippen molar-refractivity contribution in [1.82, 2.24) is 5.32 Å². The first kappa shape index (κ1) is 15.8. The Morgan fingerprint density at radius 1 is 1.38 bits per heavy atom. The average Bonchev–Trinajstić information content (AvgIpc) is 3.35. The SMILES string of the molecule is CCCCN(C)c1ccc(C(=O)NCC(N)C2CC2)cc1. The first-order valence-corrected chi connectivity index (χ1v) is 7.96. The van der Waals surface area contributed by atoms with Crippen LogP contribution in [0, 0.1) is 5.92 Å². The van der Waals surface area contributed by atoms with Crippen LogP contribution in [0.25, 0.3) is 0 Å². The predicted octanol–water partition coefficient (Wildman–Crippen LogP) is 2.39. The maximum Gasteiger partial charge on any atom is 0.251 e. The van der Waals surface area contributed by atoms with Gasteiger partial charge in [0.05, 0.1) is 0 Å². The minimum atomic E-state index is -0.0335. The van der Waals surface area contributed by atoms with Crippen molar-refractivity contribution in [1.29, 1.82) is 0 Å². The molecule has 1 aromatic carbocycles. The minimum Gasteiger partial charge on any atom is -0.375 e. The second kappa shape index (κ2) is 7.46. The van der Waals surface area contributed by atoms with Gasteiger partial charge in [0.1, 0.15) is 0 Å². The number of amides is 1. The van der Waals surface area contributed by atoms with Crippen molar-refractivity contribution < 1.29 is 4.79 Å². The molecule has 21 heavy (non-hydrogen) atoms. The molecule has 0 radical (unpaired) electrons. The fourth-order valence-electron chi connectivity index (χ4n) is 2.40. The largest absolute Gasteiger partial charge is 0.375 e. The second-order valence-electron chi connectivity index (χ2n) is 6.03. The van der Waals surface area contributed by atoms with Gasteiger partial charge < -0.3 is 16.0 Å². The topological polar surface area (TPSA) is 58.4 Å². The molecule has 1 atom stereocenters. The molecular weight excluding hydrogens is 262 g/mol. The molecule has 0 bridgehead atoms. The lowest BCUT2D eigenvalue weighted by Gasteiger charge is -2.19. The molecule has 0 heterocycles. The summed E-state index contributed by atoms with van der Waals surface area (Å²) >= 11 is 0. The number of nitrogens with two attached hydrogens (primary N) is 1. The predicted molar refractivity (Wildman–Crippen MR) is 87.7 cm³/mol. The van der Waals surface area contributed by atoms with Crippen molar-refractivity contribution in [3.63, 3.8) is 0 Å². The lowest BCUT2D eigenvalue weighted by Crippen LogP contribution is -2.38. The molecule has 1 aromatic rings. The molecule has 3 N–H and O–H groups in total. The van der Waals surface area contributed by atoms with Crippen LogP contribution >= 0.6 is 0 Å². The third-order valence-electron chi connectivity index (χ3n) is 4.14. The molecule has 1 fully saturated rings. The van der Waals surface area contributed by atoms with E-state index in [1.165, 1.54) is 25.7 Å². The van der Waals surface area contributed by atoms with Crippen LogP contribution in [0.2, 0.25) is 0 Å². The highest BCUT2D eigenvalue weighted by Crippen LogP contribution is 2.31. The van der Waals surface area contributed by atoms with Gasteiger partial charge in [-0.2, -0.15) is 0 Å². The number of carbonyl (C=O) groups excluding carboxylic acids is 1. The van der Waals surface area contributed by atoms with E-state index in [1.54, 1.807) is 0 Å². The maximum atomic E-state index is 12.1. The third kappa shape index (κ3) is 4.74. The molecule has 0 aliphatic heterocycles. The van der Waals surface area contributed by atoms with Crippen molar-refractivity contribution in [2.24, 2.45) is 11.7 Å². The maximum absolute atomic E-state index is 12.1. The number of nitrogens with one attached hydrogen (secondary N) is 1. The van der Waals surface area contributed by atoms with E-state index in [2.05, 4.69) is 24.2 Å². The molecule has 4 heteroatoms. The fraction of sp³-hybridized carbons (Fsp3) is 0.588. The van der Waals surface area contributed by atoms with Gasteiger partial charge in [-0.1, -0.05) is 13.3 Å². The average molecular weight is 289 g/mol. The summed E-state index contributed by atoms with van der Waals surface area (Å²) in [5, 5.41) is 2.93. The van der Waals surface area contributed by atoms with E-state index in [9.17, 15) is 4.79 Å². The summed E-state index contributed by atoms with van der Waals surface area (Å²) in [4.78, 5) is 14.3. The summed E-state index contributed by atoms with van der Waals surface area (Å²) in [5.74, 6) is 0.578. The van der Waals surface area contributed by atoms with Crippen LogP contribution in [0.4, 0.5) is 5.69 Å². The molecule has 0 saturated heterocycles. The normalized spacial score (nSPS) is 15.6. The summed E-state index contributed by atoms with van der Waals surface area (Å²) in [6, 6.07) is 7.89. The Bertz CT molecular complexity index is 454. The van der Waals surface area contributed by atoms with Gasteiger partial charge in [-0.15, -0.1) is 0 Å². The van der Waals surface area contributed by atoms with Crippen LogP contribution < -0.4 is 16.0 Å². The van der Waals surface area contributed by atoms with Crippen molar-refractivity contribution in [2.75, 3.05) is 25.0 Å². The van der Waals surface area contributed by atoms with Gasteiger partial charge in [0.15, 0.2) is 0 Å². The lowest BCUT2D eigenvalue weighted by atomic mass is 10.1. The Balaban J connectivity index is 1.83. The highest BCUT2D eigenvalue weighted by atomic mass is 16.1. The zero-order valence-electron chi connectivity index (χ0n) is 13.1. The van der Waals surface area contributed by atoms with E-state index in [1.807, 2.05) is 24.3 Å². The summed E-state index contributed by atoms with van der Waals surface area (Å²) in [5.41, 5.74) is 7.84. The lowest BCUT2D eigenvalue weighted by molar-refractivity contribution is 0.0950. The number of rotatable bonds is 8. The summed E-state index contributed by atoms with van der Waals surface area (Å²) in [7, 11) is 2.08. The van der Waals surface area contributed by atoms with E-state index < -0.39 is 0 Å². The first-order valence-electron chi connectivity index (χ1n) is 7.96. The van der Waals surface area contributed by atoms with E-state index in [0.717, 1.165) is 12.2 Å². The number of nitrogens with zero attached hydrogens (tertiary/aromatic N) is 1. The third-order valence-corrected chi connectivity index (χ3v) is 4.14. The number of carbonyl (C=O) groups is 1. The molecule has 4 nitrogen and oxygen atoms in total. The Labute approximate surface area is 127 Å². The van der Waals surface area contributed by atoms with Crippen LogP contribution in [0.3, 0.4) is 0 Å². The molecule has 0 aromatic heterocycles. The zero-order chi connectivity index (χ0) is 15.2. The summed E-state index contributed by atoms with van der Waals surface area (Å²) in [6.45, 7) is 3.80. The smallest absolute Gasteiger partial charge is 0.251 e. The molecule has 116 valence electrons. The van der Waals surface area contributed by atoms with Crippen molar-refractivity contribution in [2.45, 2.75) is 38.6 Å². The highest BCUT2D eigenvalue weighted by molar-refractivity contribution is 5.94. The highest BCUT2D eigenvalue weighted by Gasteiger charge is 2.28. The summed E-state index contributed by atoms with van der Waals surface area (Å²) in [6.07, 6.45) is 4.77.